The van der Waals surface area contributed by atoms with Gasteiger partial charge in [0.25, 0.3) is 0 Å². The summed E-state index contributed by atoms with van der Waals surface area (Å²) in [5.41, 5.74) is -0.948. The molecule has 0 unspecified atom stereocenters. The van der Waals surface area contributed by atoms with Crippen LogP contribution >= 0.6 is 0 Å². The van der Waals surface area contributed by atoms with Crippen molar-refractivity contribution >= 4 is 0 Å². The van der Waals surface area contributed by atoms with E-state index < -0.39 is 23.6 Å². The van der Waals surface area contributed by atoms with Crippen LogP contribution in [0.25, 0.3) is 0 Å². The van der Waals surface area contributed by atoms with Crippen molar-refractivity contribution in [2.75, 3.05) is 19.8 Å². The zero-order valence-electron chi connectivity index (χ0n) is 17.3. The molecule has 0 aromatic heterocycles. The molecule has 0 amide bonds. The standard InChI is InChI=1S/C23H31F3O3/c1-3-13-23(26)14-28-20(29-15-23)12-7-16-5-8-17(9-6-16)18-10-11-19(27-4-2)22(25)21(18)24/h7,10-12,16-17,20H,3-6,8-9,13-15H2,1-2H3/b12-7+. The van der Waals surface area contributed by atoms with Gasteiger partial charge in [0.2, 0.25) is 5.82 Å². The molecule has 0 bridgehead atoms. The highest BCUT2D eigenvalue weighted by molar-refractivity contribution is 5.33. The maximum Gasteiger partial charge on any atom is 0.200 e. The predicted molar refractivity (Wildman–Crippen MR) is 106 cm³/mol. The van der Waals surface area contributed by atoms with Crippen LogP contribution in [0.3, 0.4) is 0 Å². The van der Waals surface area contributed by atoms with E-state index in [2.05, 4.69) is 6.08 Å². The number of rotatable bonds is 7. The lowest BCUT2D eigenvalue weighted by atomic mass is 9.78. The number of benzene rings is 1. The molecule has 1 saturated carbocycles. The number of ether oxygens (including phenoxy) is 3. The van der Waals surface area contributed by atoms with Crippen LogP contribution in [-0.2, 0) is 9.47 Å². The Bertz CT molecular complexity index is 691. The van der Waals surface area contributed by atoms with Crippen LogP contribution in [0.4, 0.5) is 13.2 Å². The number of alkyl halides is 1. The average molecular weight is 412 g/mol. The fourth-order valence-electron chi connectivity index (χ4n) is 4.26. The molecular weight excluding hydrogens is 381 g/mol. The Morgan fingerprint density at radius 2 is 1.72 bits per heavy atom. The van der Waals surface area contributed by atoms with Gasteiger partial charge < -0.3 is 14.2 Å². The number of allylic oxidation sites excluding steroid dienone is 1. The third-order valence-corrected chi connectivity index (χ3v) is 5.84. The van der Waals surface area contributed by atoms with Crippen molar-refractivity contribution in [1.29, 1.82) is 0 Å². The Morgan fingerprint density at radius 3 is 2.34 bits per heavy atom. The molecule has 1 aromatic rings. The summed E-state index contributed by atoms with van der Waals surface area (Å²) in [5.74, 6) is -1.38. The Kier molecular flexibility index (Phi) is 7.63. The van der Waals surface area contributed by atoms with E-state index in [0.717, 1.165) is 32.1 Å². The molecule has 1 saturated heterocycles. The van der Waals surface area contributed by atoms with Gasteiger partial charge in [0.15, 0.2) is 23.5 Å². The van der Waals surface area contributed by atoms with E-state index in [4.69, 9.17) is 14.2 Å². The lowest BCUT2D eigenvalue weighted by Gasteiger charge is -2.33. The quantitative estimate of drug-likeness (QED) is 0.509. The second-order valence-electron chi connectivity index (χ2n) is 8.10. The number of halogens is 3. The molecule has 1 heterocycles. The summed E-state index contributed by atoms with van der Waals surface area (Å²) in [5, 5.41) is 0. The summed E-state index contributed by atoms with van der Waals surface area (Å²) in [6.07, 6.45) is 7.93. The van der Waals surface area contributed by atoms with Crippen molar-refractivity contribution in [2.24, 2.45) is 5.92 Å². The van der Waals surface area contributed by atoms with Crippen LogP contribution in [0.5, 0.6) is 5.75 Å². The summed E-state index contributed by atoms with van der Waals surface area (Å²) < 4.78 is 59.0. The zero-order valence-corrected chi connectivity index (χ0v) is 17.3. The largest absolute Gasteiger partial charge is 0.491 e. The summed E-state index contributed by atoms with van der Waals surface area (Å²) in [4.78, 5) is 0. The van der Waals surface area contributed by atoms with E-state index in [1.165, 1.54) is 6.07 Å². The Hall–Kier alpha value is -1.53. The monoisotopic (exact) mass is 412 g/mol. The van der Waals surface area contributed by atoms with Gasteiger partial charge in [-0.3, -0.25) is 0 Å². The maximum atomic E-state index is 14.4. The van der Waals surface area contributed by atoms with E-state index >= 15 is 0 Å². The van der Waals surface area contributed by atoms with Crippen molar-refractivity contribution in [3.05, 3.63) is 41.5 Å². The lowest BCUT2D eigenvalue weighted by molar-refractivity contribution is -0.213. The first kappa shape index (κ1) is 22.2. The molecule has 2 aliphatic rings. The second-order valence-corrected chi connectivity index (χ2v) is 8.10. The highest BCUT2D eigenvalue weighted by Gasteiger charge is 2.35. The predicted octanol–water partition coefficient (Wildman–Crippen LogP) is 6.07. The van der Waals surface area contributed by atoms with E-state index in [-0.39, 0.29) is 24.9 Å². The molecule has 2 fully saturated rings. The Morgan fingerprint density at radius 1 is 1.03 bits per heavy atom. The highest BCUT2D eigenvalue weighted by Crippen LogP contribution is 2.39. The average Bonchev–Trinajstić information content (AvgIpc) is 2.72. The molecule has 0 atom stereocenters. The first-order valence-corrected chi connectivity index (χ1v) is 10.7. The van der Waals surface area contributed by atoms with Crippen LogP contribution < -0.4 is 4.74 Å². The summed E-state index contributed by atoms with van der Waals surface area (Å²) in [7, 11) is 0. The normalized spacial score (nSPS) is 30.6. The molecule has 1 aliphatic heterocycles. The molecule has 0 radical (unpaired) electrons. The van der Waals surface area contributed by atoms with Gasteiger partial charge in [-0.25, -0.2) is 8.78 Å². The highest BCUT2D eigenvalue weighted by atomic mass is 19.2. The van der Waals surface area contributed by atoms with Crippen molar-refractivity contribution in [3.63, 3.8) is 0 Å². The van der Waals surface area contributed by atoms with Gasteiger partial charge in [0.05, 0.1) is 19.8 Å². The minimum absolute atomic E-state index is 0.00760. The van der Waals surface area contributed by atoms with Crippen LogP contribution in [-0.4, -0.2) is 31.8 Å². The molecule has 1 aliphatic carbocycles. The van der Waals surface area contributed by atoms with Crippen molar-refractivity contribution in [1.82, 2.24) is 0 Å². The SMILES string of the molecule is CCCC1(F)COC(/C=C/C2CCC(c3ccc(OCC)c(F)c3F)CC2)OC1. The third kappa shape index (κ3) is 5.54. The molecule has 162 valence electrons. The van der Waals surface area contributed by atoms with Crippen LogP contribution in [0, 0.1) is 17.6 Å². The van der Waals surface area contributed by atoms with Gasteiger partial charge in [-0.1, -0.05) is 25.5 Å². The fourth-order valence-corrected chi connectivity index (χ4v) is 4.26. The topological polar surface area (TPSA) is 27.7 Å². The van der Waals surface area contributed by atoms with E-state index in [0.29, 0.717) is 24.5 Å². The van der Waals surface area contributed by atoms with Crippen LogP contribution in [0.15, 0.2) is 24.3 Å². The molecule has 1 aromatic carbocycles. The molecule has 3 rings (SSSR count). The van der Waals surface area contributed by atoms with Gasteiger partial charge >= 0.3 is 0 Å². The molecule has 0 spiro atoms. The van der Waals surface area contributed by atoms with Crippen molar-refractivity contribution < 1.29 is 27.4 Å². The zero-order chi connectivity index (χ0) is 20.9. The fraction of sp³-hybridized carbons (Fsp3) is 0.652. The van der Waals surface area contributed by atoms with Gasteiger partial charge in [-0.05, 0) is 68.6 Å². The number of hydrogen-bond donors (Lipinski definition) is 0. The smallest absolute Gasteiger partial charge is 0.200 e. The van der Waals surface area contributed by atoms with Crippen molar-refractivity contribution in [3.8, 4) is 5.75 Å². The molecular formula is C23H31F3O3. The maximum absolute atomic E-state index is 14.4. The minimum Gasteiger partial charge on any atom is -0.491 e. The van der Waals surface area contributed by atoms with Crippen LogP contribution in [0.1, 0.15) is 63.9 Å². The van der Waals surface area contributed by atoms with Gasteiger partial charge in [0.1, 0.15) is 0 Å². The summed E-state index contributed by atoms with van der Waals surface area (Å²) in [6, 6.07) is 3.16. The molecule has 3 nitrogen and oxygen atoms in total. The summed E-state index contributed by atoms with van der Waals surface area (Å²) in [6.45, 7) is 4.10. The van der Waals surface area contributed by atoms with E-state index in [9.17, 15) is 13.2 Å². The molecule has 0 N–H and O–H groups in total. The van der Waals surface area contributed by atoms with Crippen LogP contribution in [0.2, 0.25) is 0 Å². The molecule has 29 heavy (non-hydrogen) atoms. The Balaban J connectivity index is 1.50. The van der Waals surface area contributed by atoms with Gasteiger partial charge in [-0.2, -0.15) is 4.39 Å². The van der Waals surface area contributed by atoms with Gasteiger partial charge in [0, 0.05) is 0 Å². The lowest BCUT2D eigenvalue weighted by Crippen LogP contribution is -2.43. The Labute approximate surface area is 171 Å². The van der Waals surface area contributed by atoms with E-state index in [1.54, 1.807) is 13.0 Å². The number of hydrogen-bond acceptors (Lipinski definition) is 3. The molecule has 6 heteroatoms. The van der Waals surface area contributed by atoms with Gasteiger partial charge in [-0.15, -0.1) is 0 Å². The minimum atomic E-state index is -1.38. The van der Waals surface area contributed by atoms with E-state index in [1.807, 2.05) is 13.0 Å². The third-order valence-electron chi connectivity index (χ3n) is 5.84. The summed E-state index contributed by atoms with van der Waals surface area (Å²) >= 11 is 0. The second kappa shape index (κ2) is 9.98. The first-order valence-electron chi connectivity index (χ1n) is 10.7. The first-order chi connectivity index (χ1) is 14.0. The van der Waals surface area contributed by atoms with Crippen molar-refractivity contribution in [2.45, 2.75) is 70.2 Å².